The van der Waals surface area contributed by atoms with Gasteiger partial charge < -0.3 is 15.8 Å². The van der Waals surface area contributed by atoms with Gasteiger partial charge in [0, 0.05) is 25.3 Å². The van der Waals surface area contributed by atoms with E-state index in [1.165, 1.54) is 0 Å². The summed E-state index contributed by atoms with van der Waals surface area (Å²) in [5.41, 5.74) is 6.83. The molecule has 3 N–H and O–H groups in total. The van der Waals surface area contributed by atoms with Crippen LogP contribution in [0.4, 0.5) is 0 Å². The fourth-order valence-electron chi connectivity index (χ4n) is 1.62. The smallest absolute Gasteiger partial charge is 0.248 e. The van der Waals surface area contributed by atoms with Crippen LogP contribution >= 0.6 is 0 Å². The van der Waals surface area contributed by atoms with E-state index in [1.807, 2.05) is 18.2 Å². The van der Waals surface area contributed by atoms with E-state index >= 15 is 0 Å². The maximum atomic E-state index is 11.0. The molecule has 0 aliphatic carbocycles. The van der Waals surface area contributed by atoms with Gasteiger partial charge in [0.25, 0.3) is 0 Å². The minimum absolute atomic E-state index is 0.331. The standard InChI is InChI=1S/C13H20N2O2/c1-3-12(9-17-2)15-8-10-5-4-6-11(7-10)13(14)16/h4-7,12,15H,3,8-9H2,1-2H3,(H2,14,16). The molecule has 0 saturated heterocycles. The molecule has 0 bridgehead atoms. The van der Waals surface area contributed by atoms with Gasteiger partial charge in [-0.25, -0.2) is 0 Å². The number of nitrogens with two attached hydrogens (primary N) is 1. The summed E-state index contributed by atoms with van der Waals surface area (Å²) < 4.78 is 5.11. The second-order valence-electron chi connectivity index (χ2n) is 4.01. The van der Waals surface area contributed by atoms with Crippen LogP contribution in [0.15, 0.2) is 24.3 Å². The molecule has 0 spiro atoms. The van der Waals surface area contributed by atoms with Crippen LogP contribution in [0.1, 0.15) is 29.3 Å². The second-order valence-corrected chi connectivity index (χ2v) is 4.01. The molecule has 1 aromatic rings. The Balaban J connectivity index is 2.56. The predicted octanol–water partition coefficient (Wildman–Crippen LogP) is 1.30. The van der Waals surface area contributed by atoms with Crippen LogP contribution in [0.5, 0.6) is 0 Å². The summed E-state index contributed by atoms with van der Waals surface area (Å²) in [6.07, 6.45) is 1.00. The SMILES string of the molecule is CCC(COC)NCc1cccc(C(N)=O)c1. The lowest BCUT2D eigenvalue weighted by molar-refractivity contribution is 0.1000. The maximum Gasteiger partial charge on any atom is 0.248 e. The molecule has 1 rings (SSSR count). The van der Waals surface area contributed by atoms with E-state index in [0.29, 0.717) is 24.8 Å². The molecule has 17 heavy (non-hydrogen) atoms. The molecule has 0 aromatic heterocycles. The fraction of sp³-hybridized carbons (Fsp3) is 0.462. The number of hydrogen-bond acceptors (Lipinski definition) is 3. The van der Waals surface area contributed by atoms with E-state index < -0.39 is 5.91 Å². The molecular weight excluding hydrogens is 216 g/mol. The molecule has 0 radical (unpaired) electrons. The first-order valence-corrected chi connectivity index (χ1v) is 5.78. The Kier molecular flexibility index (Phi) is 5.66. The van der Waals surface area contributed by atoms with Crippen LogP contribution in [0.25, 0.3) is 0 Å². The lowest BCUT2D eigenvalue weighted by Gasteiger charge is -2.16. The van der Waals surface area contributed by atoms with Crippen LogP contribution < -0.4 is 11.1 Å². The lowest BCUT2D eigenvalue weighted by atomic mass is 10.1. The van der Waals surface area contributed by atoms with Crippen molar-refractivity contribution in [3.63, 3.8) is 0 Å². The van der Waals surface area contributed by atoms with Gasteiger partial charge in [-0.05, 0) is 24.1 Å². The summed E-state index contributed by atoms with van der Waals surface area (Å²) in [5.74, 6) is -0.393. The van der Waals surface area contributed by atoms with Crippen LogP contribution in [0.2, 0.25) is 0 Å². The normalized spacial score (nSPS) is 12.4. The van der Waals surface area contributed by atoms with Crippen LogP contribution in [0, 0.1) is 0 Å². The monoisotopic (exact) mass is 236 g/mol. The summed E-state index contributed by atoms with van der Waals surface area (Å²) in [7, 11) is 1.69. The second kappa shape index (κ2) is 7.04. The first-order valence-electron chi connectivity index (χ1n) is 5.78. The number of hydrogen-bond donors (Lipinski definition) is 2. The van der Waals surface area contributed by atoms with E-state index in [2.05, 4.69) is 12.2 Å². The van der Waals surface area contributed by atoms with Crippen molar-refractivity contribution in [3.05, 3.63) is 35.4 Å². The van der Waals surface area contributed by atoms with Crippen LogP contribution in [-0.2, 0) is 11.3 Å². The molecule has 0 heterocycles. The van der Waals surface area contributed by atoms with E-state index in [1.54, 1.807) is 13.2 Å². The average Bonchev–Trinajstić information content (AvgIpc) is 2.34. The Morgan fingerprint density at radius 2 is 2.29 bits per heavy atom. The largest absolute Gasteiger partial charge is 0.383 e. The Morgan fingerprint density at radius 1 is 1.53 bits per heavy atom. The Morgan fingerprint density at radius 3 is 2.88 bits per heavy atom. The third kappa shape index (κ3) is 4.54. The highest BCUT2D eigenvalue weighted by Crippen LogP contribution is 2.05. The number of amides is 1. The van der Waals surface area contributed by atoms with Gasteiger partial charge in [0.05, 0.1) is 6.61 Å². The van der Waals surface area contributed by atoms with Crippen molar-refractivity contribution in [3.8, 4) is 0 Å². The van der Waals surface area contributed by atoms with Gasteiger partial charge in [-0.15, -0.1) is 0 Å². The van der Waals surface area contributed by atoms with Crippen molar-refractivity contribution in [2.45, 2.75) is 25.9 Å². The van der Waals surface area contributed by atoms with Crippen molar-refractivity contribution in [2.24, 2.45) is 5.73 Å². The number of nitrogens with one attached hydrogen (secondary N) is 1. The van der Waals surface area contributed by atoms with Gasteiger partial charge in [-0.3, -0.25) is 4.79 Å². The summed E-state index contributed by atoms with van der Waals surface area (Å²) >= 11 is 0. The van der Waals surface area contributed by atoms with Gasteiger partial charge >= 0.3 is 0 Å². The zero-order valence-electron chi connectivity index (χ0n) is 10.4. The minimum Gasteiger partial charge on any atom is -0.383 e. The molecule has 1 amide bonds. The third-order valence-electron chi connectivity index (χ3n) is 2.67. The molecule has 0 aliphatic rings. The topological polar surface area (TPSA) is 64.3 Å². The molecule has 0 saturated carbocycles. The lowest BCUT2D eigenvalue weighted by Crippen LogP contribution is -2.32. The Bertz CT molecular complexity index is 366. The first kappa shape index (κ1) is 13.7. The molecule has 1 unspecified atom stereocenters. The Labute approximate surface area is 102 Å². The van der Waals surface area contributed by atoms with Crippen LogP contribution in [-0.4, -0.2) is 25.7 Å². The predicted molar refractivity (Wildman–Crippen MR) is 67.8 cm³/mol. The van der Waals surface area contributed by atoms with Crippen molar-refractivity contribution in [1.82, 2.24) is 5.32 Å². The molecule has 1 atom stereocenters. The van der Waals surface area contributed by atoms with Crippen LogP contribution in [0.3, 0.4) is 0 Å². The molecule has 1 aromatic carbocycles. The van der Waals surface area contributed by atoms with Gasteiger partial charge in [0.2, 0.25) is 5.91 Å². The Hall–Kier alpha value is -1.39. The van der Waals surface area contributed by atoms with Crippen molar-refractivity contribution < 1.29 is 9.53 Å². The highest BCUT2D eigenvalue weighted by atomic mass is 16.5. The van der Waals surface area contributed by atoms with E-state index in [9.17, 15) is 4.79 Å². The molecule has 0 fully saturated rings. The van der Waals surface area contributed by atoms with Gasteiger partial charge in [0.1, 0.15) is 0 Å². The summed E-state index contributed by atoms with van der Waals surface area (Å²) in [4.78, 5) is 11.0. The third-order valence-corrected chi connectivity index (χ3v) is 2.67. The van der Waals surface area contributed by atoms with Crippen molar-refractivity contribution in [1.29, 1.82) is 0 Å². The molecular formula is C13H20N2O2. The zero-order chi connectivity index (χ0) is 12.7. The van der Waals surface area contributed by atoms with Gasteiger partial charge in [0.15, 0.2) is 0 Å². The number of carbonyl (C=O) groups is 1. The van der Waals surface area contributed by atoms with Gasteiger partial charge in [-0.2, -0.15) is 0 Å². The van der Waals surface area contributed by atoms with E-state index in [-0.39, 0.29) is 0 Å². The number of benzene rings is 1. The summed E-state index contributed by atoms with van der Waals surface area (Å²) in [6.45, 7) is 3.51. The average molecular weight is 236 g/mol. The van der Waals surface area contributed by atoms with Crippen molar-refractivity contribution >= 4 is 5.91 Å². The number of rotatable bonds is 7. The molecule has 0 aliphatic heterocycles. The maximum absolute atomic E-state index is 11.0. The zero-order valence-corrected chi connectivity index (χ0v) is 10.4. The highest BCUT2D eigenvalue weighted by molar-refractivity contribution is 5.92. The highest BCUT2D eigenvalue weighted by Gasteiger charge is 2.06. The summed E-state index contributed by atoms with van der Waals surface area (Å²) in [6, 6.07) is 7.68. The van der Waals surface area contributed by atoms with E-state index in [4.69, 9.17) is 10.5 Å². The summed E-state index contributed by atoms with van der Waals surface area (Å²) in [5, 5.41) is 3.38. The van der Waals surface area contributed by atoms with Crippen molar-refractivity contribution in [2.75, 3.05) is 13.7 Å². The number of methoxy groups -OCH3 is 1. The fourth-order valence-corrected chi connectivity index (χ4v) is 1.62. The number of ether oxygens (including phenoxy) is 1. The number of carbonyl (C=O) groups excluding carboxylic acids is 1. The van der Waals surface area contributed by atoms with E-state index in [0.717, 1.165) is 12.0 Å². The molecule has 4 nitrogen and oxygen atoms in total. The molecule has 94 valence electrons. The van der Waals surface area contributed by atoms with Gasteiger partial charge in [-0.1, -0.05) is 19.1 Å². The number of primary amides is 1. The molecule has 4 heteroatoms. The quantitative estimate of drug-likeness (QED) is 0.750. The minimum atomic E-state index is -0.393. The first-order chi connectivity index (χ1) is 8.17.